The van der Waals surface area contributed by atoms with E-state index in [9.17, 15) is 14.4 Å². The van der Waals surface area contributed by atoms with Crippen LogP contribution in [0.25, 0.3) is 21.0 Å². The number of aromatic nitrogens is 3. The highest BCUT2D eigenvalue weighted by Crippen LogP contribution is 2.27. The lowest BCUT2D eigenvalue weighted by Crippen LogP contribution is -2.34. The molecule has 7 nitrogen and oxygen atoms in total. The Kier molecular flexibility index (Phi) is 3.89. The molecule has 0 fully saturated rings. The summed E-state index contributed by atoms with van der Waals surface area (Å²) in [6.07, 6.45) is 0. The third-order valence-corrected chi connectivity index (χ3v) is 4.99. The Bertz CT molecular complexity index is 1270. The van der Waals surface area contributed by atoms with Gasteiger partial charge in [-0.3, -0.25) is 19.5 Å². The van der Waals surface area contributed by atoms with E-state index in [0.29, 0.717) is 10.5 Å². The number of thiazole rings is 1. The maximum atomic E-state index is 12.5. The molecule has 130 valence electrons. The number of hydrogen-bond acceptors (Lipinski definition) is 5. The van der Waals surface area contributed by atoms with E-state index in [-0.39, 0.29) is 11.9 Å². The molecule has 4 rings (SSSR count). The average molecular weight is 366 g/mol. The lowest BCUT2D eigenvalue weighted by molar-refractivity contribution is -0.117. The van der Waals surface area contributed by atoms with E-state index in [2.05, 4.69) is 15.4 Å². The third kappa shape index (κ3) is 2.80. The molecule has 0 saturated carbocycles. The monoisotopic (exact) mass is 366 g/mol. The molecule has 0 radical (unpaired) electrons. The van der Waals surface area contributed by atoms with Gasteiger partial charge in [-0.05, 0) is 30.7 Å². The second-order valence-corrected chi connectivity index (χ2v) is 6.90. The van der Waals surface area contributed by atoms with Crippen LogP contribution < -0.4 is 16.4 Å². The Morgan fingerprint density at radius 2 is 1.92 bits per heavy atom. The number of benzene rings is 2. The van der Waals surface area contributed by atoms with Crippen LogP contribution in [0.1, 0.15) is 5.56 Å². The normalized spacial score (nSPS) is 11.1. The minimum atomic E-state index is -0.435. The third-order valence-electron chi connectivity index (χ3n) is 4.05. The van der Waals surface area contributed by atoms with Crippen molar-refractivity contribution in [2.75, 3.05) is 5.32 Å². The molecule has 0 bridgehead atoms. The zero-order chi connectivity index (χ0) is 18.3. The molecule has 0 aliphatic heterocycles. The first-order valence-corrected chi connectivity index (χ1v) is 8.72. The highest BCUT2D eigenvalue weighted by Gasteiger charge is 2.12. The number of nitrogens with zero attached hydrogens (tertiary/aromatic N) is 2. The van der Waals surface area contributed by atoms with Crippen molar-refractivity contribution >= 4 is 43.4 Å². The number of para-hydroxylation sites is 1. The summed E-state index contributed by atoms with van der Waals surface area (Å²) in [5.74, 6) is -0.435. The quantitative estimate of drug-likeness (QED) is 0.581. The van der Waals surface area contributed by atoms with Crippen molar-refractivity contribution in [1.82, 2.24) is 14.8 Å². The van der Waals surface area contributed by atoms with Gasteiger partial charge < -0.3 is 5.32 Å². The summed E-state index contributed by atoms with van der Waals surface area (Å²) in [6.45, 7) is 1.65. The average Bonchev–Trinajstić information content (AvgIpc) is 3.03. The predicted molar refractivity (Wildman–Crippen MR) is 102 cm³/mol. The van der Waals surface area contributed by atoms with Gasteiger partial charge in [0.05, 0.1) is 21.0 Å². The van der Waals surface area contributed by atoms with Gasteiger partial charge >= 0.3 is 0 Å². The molecule has 0 saturated heterocycles. The van der Waals surface area contributed by atoms with Crippen LogP contribution in [0.15, 0.2) is 52.1 Å². The Morgan fingerprint density at radius 3 is 2.69 bits per heavy atom. The molecule has 2 aromatic heterocycles. The number of nitrogens with one attached hydrogen (secondary N) is 2. The minimum Gasteiger partial charge on any atom is -0.300 e. The number of amides is 1. The van der Waals surface area contributed by atoms with Crippen LogP contribution in [0, 0.1) is 6.92 Å². The van der Waals surface area contributed by atoms with E-state index in [4.69, 9.17) is 0 Å². The van der Waals surface area contributed by atoms with Crippen LogP contribution in [-0.4, -0.2) is 20.7 Å². The van der Waals surface area contributed by atoms with Crippen LogP contribution in [0.5, 0.6) is 0 Å². The summed E-state index contributed by atoms with van der Waals surface area (Å²) in [5.41, 5.74) is 1.03. The maximum absolute atomic E-state index is 12.5. The Balaban J connectivity index is 1.63. The van der Waals surface area contributed by atoms with E-state index in [1.165, 1.54) is 11.3 Å². The summed E-state index contributed by atoms with van der Waals surface area (Å²) in [5, 5.41) is 6.16. The number of carbonyl (C=O) groups excluding carboxylic acids is 1. The number of fused-ring (bicyclic) bond motifs is 2. The van der Waals surface area contributed by atoms with Crippen molar-refractivity contribution < 1.29 is 4.79 Å². The van der Waals surface area contributed by atoms with E-state index in [1.54, 1.807) is 24.3 Å². The van der Waals surface area contributed by atoms with Crippen molar-refractivity contribution in [3.63, 3.8) is 0 Å². The van der Waals surface area contributed by atoms with Gasteiger partial charge in [0.1, 0.15) is 6.54 Å². The Hall–Kier alpha value is -3.26. The molecule has 0 unspecified atom stereocenters. The molecule has 2 aromatic carbocycles. The van der Waals surface area contributed by atoms with Gasteiger partial charge in [-0.15, -0.1) is 0 Å². The molecule has 4 aromatic rings. The first-order valence-electron chi connectivity index (χ1n) is 7.91. The minimum absolute atomic E-state index is 0.277. The van der Waals surface area contributed by atoms with Crippen LogP contribution in [-0.2, 0) is 11.3 Å². The van der Waals surface area contributed by atoms with E-state index in [1.807, 2.05) is 25.1 Å². The smallest absolute Gasteiger partial charge is 0.273 e. The Morgan fingerprint density at radius 1 is 1.15 bits per heavy atom. The van der Waals surface area contributed by atoms with Gasteiger partial charge in [0, 0.05) is 0 Å². The predicted octanol–water partition coefficient (Wildman–Crippen LogP) is 2.25. The SMILES string of the molecule is Cc1cccc2sc(NC(=O)Cn3[nH]c(=O)c4ccccc4c3=O)nc12. The van der Waals surface area contributed by atoms with Crippen LogP contribution >= 0.6 is 11.3 Å². The summed E-state index contributed by atoms with van der Waals surface area (Å²) in [4.78, 5) is 41.3. The van der Waals surface area contributed by atoms with Crippen molar-refractivity contribution in [3.8, 4) is 0 Å². The number of aromatic amines is 1. The highest BCUT2D eigenvalue weighted by atomic mass is 32.1. The van der Waals surface area contributed by atoms with Gasteiger partial charge in [0.15, 0.2) is 5.13 Å². The summed E-state index contributed by atoms with van der Waals surface area (Å²) in [6, 6.07) is 12.3. The molecular formula is C18H14N4O3S. The van der Waals surface area contributed by atoms with Crippen LogP contribution in [0.3, 0.4) is 0 Å². The van der Waals surface area contributed by atoms with Gasteiger partial charge in [-0.1, -0.05) is 35.6 Å². The first kappa shape index (κ1) is 16.2. The lowest BCUT2D eigenvalue weighted by atomic mass is 10.2. The molecule has 8 heteroatoms. The van der Waals surface area contributed by atoms with E-state index in [0.717, 1.165) is 20.5 Å². The molecule has 1 amide bonds. The fraction of sp³-hybridized carbons (Fsp3) is 0.111. The molecular weight excluding hydrogens is 352 g/mol. The fourth-order valence-electron chi connectivity index (χ4n) is 2.80. The molecule has 2 heterocycles. The molecule has 0 aliphatic carbocycles. The lowest BCUT2D eigenvalue weighted by Gasteiger charge is -2.06. The van der Waals surface area contributed by atoms with E-state index >= 15 is 0 Å². The second kappa shape index (κ2) is 6.23. The van der Waals surface area contributed by atoms with Gasteiger partial charge in [-0.2, -0.15) is 0 Å². The summed E-state index contributed by atoms with van der Waals surface area (Å²) in [7, 11) is 0. The number of rotatable bonds is 3. The van der Waals surface area contributed by atoms with Crippen molar-refractivity contribution in [1.29, 1.82) is 0 Å². The first-order chi connectivity index (χ1) is 12.5. The fourth-order valence-corrected chi connectivity index (χ4v) is 3.76. The van der Waals surface area contributed by atoms with Gasteiger partial charge in [0.2, 0.25) is 5.91 Å². The van der Waals surface area contributed by atoms with Crippen molar-refractivity contribution in [3.05, 3.63) is 68.7 Å². The maximum Gasteiger partial charge on any atom is 0.273 e. The number of hydrogen-bond donors (Lipinski definition) is 2. The largest absolute Gasteiger partial charge is 0.300 e. The van der Waals surface area contributed by atoms with E-state index < -0.39 is 17.0 Å². The molecule has 0 spiro atoms. The molecule has 26 heavy (non-hydrogen) atoms. The summed E-state index contributed by atoms with van der Waals surface area (Å²) >= 11 is 1.36. The zero-order valence-corrected chi connectivity index (χ0v) is 14.6. The van der Waals surface area contributed by atoms with Crippen molar-refractivity contribution in [2.24, 2.45) is 0 Å². The Labute approximate surface area is 150 Å². The summed E-state index contributed by atoms with van der Waals surface area (Å²) < 4.78 is 1.98. The van der Waals surface area contributed by atoms with Crippen molar-refractivity contribution in [2.45, 2.75) is 13.5 Å². The molecule has 0 aliphatic rings. The zero-order valence-electron chi connectivity index (χ0n) is 13.8. The van der Waals surface area contributed by atoms with Gasteiger partial charge in [-0.25, -0.2) is 9.67 Å². The standard InChI is InChI=1S/C18H14N4O3S/c1-10-5-4-8-13-15(10)20-18(26-13)19-14(23)9-22-17(25)12-7-3-2-6-11(12)16(24)21-22/h2-8H,9H2,1H3,(H,21,24)(H,19,20,23). The van der Waals surface area contributed by atoms with Gasteiger partial charge in [0.25, 0.3) is 11.1 Å². The number of anilines is 1. The topological polar surface area (TPSA) is 96.9 Å². The second-order valence-electron chi connectivity index (χ2n) is 5.87. The molecule has 2 N–H and O–H groups in total. The number of aryl methyl sites for hydroxylation is 1. The number of H-pyrrole nitrogens is 1. The highest BCUT2D eigenvalue weighted by molar-refractivity contribution is 7.22. The molecule has 0 atom stereocenters. The number of carbonyl (C=O) groups is 1. The van der Waals surface area contributed by atoms with Crippen LogP contribution in [0.4, 0.5) is 5.13 Å². The van der Waals surface area contributed by atoms with Crippen LogP contribution in [0.2, 0.25) is 0 Å².